The maximum Gasteiger partial charge on any atom is 0.319 e. The standard InChI is InChI=1S/C13H10ClN7O3/c14-9-3-1-8(2-4-9)6-20-7-15-13(19-20)17-12(22)11-10(21(23)24)5-16-18-11/h1-5,7H,6H2,(H,16,18)(H,17,19,22). The quantitative estimate of drug-likeness (QED) is 0.534. The van der Waals surface area contributed by atoms with E-state index in [9.17, 15) is 14.9 Å². The number of carbonyl (C=O) groups excluding carboxylic acids is 1. The van der Waals surface area contributed by atoms with E-state index in [0.29, 0.717) is 11.6 Å². The second-order valence-corrected chi connectivity index (χ2v) is 5.17. The maximum absolute atomic E-state index is 12.0. The predicted octanol–water partition coefficient (Wildman–Crippen LogP) is 1.86. The van der Waals surface area contributed by atoms with Gasteiger partial charge in [-0.05, 0) is 17.7 Å². The van der Waals surface area contributed by atoms with Gasteiger partial charge >= 0.3 is 5.69 Å². The predicted molar refractivity (Wildman–Crippen MR) is 83.8 cm³/mol. The van der Waals surface area contributed by atoms with Crippen molar-refractivity contribution >= 4 is 29.1 Å². The van der Waals surface area contributed by atoms with E-state index in [4.69, 9.17) is 11.6 Å². The number of nitrogens with one attached hydrogen (secondary N) is 2. The molecule has 1 aromatic carbocycles. The summed E-state index contributed by atoms with van der Waals surface area (Å²) in [5.74, 6) is -0.721. The molecule has 122 valence electrons. The van der Waals surface area contributed by atoms with Gasteiger partial charge in [-0.2, -0.15) is 5.10 Å². The van der Waals surface area contributed by atoms with Crippen LogP contribution in [0.4, 0.5) is 11.6 Å². The average Bonchev–Trinajstić information content (AvgIpc) is 3.19. The van der Waals surface area contributed by atoms with Gasteiger partial charge in [-0.1, -0.05) is 23.7 Å². The molecule has 0 atom stereocenters. The largest absolute Gasteiger partial charge is 0.319 e. The number of halogens is 1. The summed E-state index contributed by atoms with van der Waals surface area (Å²) in [6.07, 6.45) is 2.40. The van der Waals surface area contributed by atoms with Gasteiger partial charge in [-0.15, -0.1) is 5.10 Å². The Balaban J connectivity index is 1.69. The summed E-state index contributed by atoms with van der Waals surface area (Å²) >= 11 is 5.82. The van der Waals surface area contributed by atoms with Crippen molar-refractivity contribution in [2.45, 2.75) is 6.54 Å². The van der Waals surface area contributed by atoms with Gasteiger partial charge in [0.1, 0.15) is 12.5 Å². The Morgan fingerprint density at radius 1 is 1.38 bits per heavy atom. The number of benzene rings is 1. The van der Waals surface area contributed by atoms with E-state index in [1.807, 2.05) is 12.1 Å². The monoisotopic (exact) mass is 347 g/mol. The molecular weight excluding hydrogens is 338 g/mol. The summed E-state index contributed by atoms with van der Waals surface area (Å²) in [4.78, 5) is 26.0. The van der Waals surface area contributed by atoms with Crippen molar-refractivity contribution in [1.29, 1.82) is 0 Å². The number of rotatable bonds is 5. The van der Waals surface area contributed by atoms with Crippen molar-refractivity contribution in [3.05, 3.63) is 63.2 Å². The highest BCUT2D eigenvalue weighted by molar-refractivity contribution is 6.30. The van der Waals surface area contributed by atoms with Crippen LogP contribution in [0.25, 0.3) is 0 Å². The lowest BCUT2D eigenvalue weighted by Crippen LogP contribution is -2.15. The van der Waals surface area contributed by atoms with E-state index in [2.05, 4.69) is 25.6 Å². The van der Waals surface area contributed by atoms with Gasteiger partial charge in [0.2, 0.25) is 11.6 Å². The Morgan fingerprint density at radius 2 is 2.12 bits per heavy atom. The fourth-order valence-corrected chi connectivity index (χ4v) is 2.08. The molecular formula is C13H10ClN7O3. The third-order valence-electron chi connectivity index (χ3n) is 3.06. The van der Waals surface area contributed by atoms with E-state index in [0.717, 1.165) is 11.8 Å². The first-order chi connectivity index (χ1) is 11.5. The molecule has 0 bridgehead atoms. The van der Waals surface area contributed by atoms with Gasteiger partial charge in [0.25, 0.3) is 5.91 Å². The summed E-state index contributed by atoms with van der Waals surface area (Å²) < 4.78 is 1.51. The Kier molecular flexibility index (Phi) is 4.20. The molecule has 2 aromatic heterocycles. The molecule has 0 spiro atoms. The lowest BCUT2D eigenvalue weighted by atomic mass is 10.2. The zero-order chi connectivity index (χ0) is 17.1. The van der Waals surface area contributed by atoms with Gasteiger partial charge in [-0.25, -0.2) is 9.67 Å². The number of carbonyl (C=O) groups is 1. The van der Waals surface area contributed by atoms with Crippen LogP contribution in [0.1, 0.15) is 16.1 Å². The van der Waals surface area contributed by atoms with Crippen LogP contribution in [-0.2, 0) is 6.54 Å². The molecule has 0 aliphatic heterocycles. The van der Waals surface area contributed by atoms with Crippen LogP contribution in [0.5, 0.6) is 0 Å². The van der Waals surface area contributed by atoms with Crippen molar-refractivity contribution in [2.24, 2.45) is 0 Å². The maximum atomic E-state index is 12.0. The second-order valence-electron chi connectivity index (χ2n) is 4.73. The molecule has 0 saturated heterocycles. The Labute approximate surface area is 139 Å². The minimum atomic E-state index is -0.747. The molecule has 0 aliphatic carbocycles. The van der Waals surface area contributed by atoms with E-state index in [1.165, 1.54) is 11.0 Å². The van der Waals surface area contributed by atoms with Crippen molar-refractivity contribution < 1.29 is 9.72 Å². The summed E-state index contributed by atoms with van der Waals surface area (Å²) in [7, 11) is 0. The molecule has 0 unspecified atom stereocenters. The van der Waals surface area contributed by atoms with E-state index >= 15 is 0 Å². The number of amides is 1. The van der Waals surface area contributed by atoms with Crippen molar-refractivity contribution in [3.63, 3.8) is 0 Å². The fraction of sp³-hybridized carbons (Fsp3) is 0.0769. The zero-order valence-electron chi connectivity index (χ0n) is 12.0. The Bertz CT molecular complexity index is 887. The van der Waals surface area contributed by atoms with Gasteiger partial charge in [-0.3, -0.25) is 25.3 Å². The molecule has 11 heteroatoms. The van der Waals surface area contributed by atoms with Crippen molar-refractivity contribution in [3.8, 4) is 0 Å². The van der Waals surface area contributed by atoms with Crippen molar-refractivity contribution in [1.82, 2.24) is 25.0 Å². The van der Waals surface area contributed by atoms with Crippen LogP contribution >= 0.6 is 11.6 Å². The van der Waals surface area contributed by atoms with Crippen LogP contribution < -0.4 is 5.32 Å². The third-order valence-corrected chi connectivity index (χ3v) is 3.31. The summed E-state index contributed by atoms with van der Waals surface area (Å²) in [6.45, 7) is 0.435. The molecule has 0 saturated carbocycles. The molecule has 2 N–H and O–H groups in total. The van der Waals surface area contributed by atoms with Crippen LogP contribution in [-0.4, -0.2) is 35.8 Å². The molecule has 2 heterocycles. The molecule has 0 radical (unpaired) electrons. The normalized spacial score (nSPS) is 10.5. The van der Waals surface area contributed by atoms with E-state index < -0.39 is 16.5 Å². The molecule has 3 aromatic rings. The van der Waals surface area contributed by atoms with Gasteiger partial charge in [0.05, 0.1) is 11.5 Å². The number of nitrogens with zero attached hydrogens (tertiary/aromatic N) is 5. The topological polar surface area (TPSA) is 132 Å². The minimum Gasteiger partial charge on any atom is -0.288 e. The van der Waals surface area contributed by atoms with E-state index in [-0.39, 0.29) is 11.6 Å². The Morgan fingerprint density at radius 3 is 2.83 bits per heavy atom. The minimum absolute atomic E-state index is 0.0258. The number of nitro groups is 1. The Hall–Kier alpha value is -3.27. The number of aromatic nitrogens is 5. The zero-order valence-corrected chi connectivity index (χ0v) is 12.8. The van der Waals surface area contributed by atoms with Gasteiger partial charge in [0, 0.05) is 5.02 Å². The second kappa shape index (κ2) is 6.46. The number of anilines is 1. The molecule has 3 rings (SSSR count). The van der Waals surface area contributed by atoms with Crippen LogP contribution in [0, 0.1) is 10.1 Å². The first-order valence-corrected chi connectivity index (χ1v) is 7.04. The number of H-pyrrole nitrogens is 1. The summed E-state index contributed by atoms with van der Waals surface area (Å²) in [6, 6.07) is 7.20. The molecule has 10 nitrogen and oxygen atoms in total. The number of hydrogen-bond donors (Lipinski definition) is 2. The van der Waals surface area contributed by atoms with Crippen LogP contribution in [0.2, 0.25) is 5.02 Å². The van der Waals surface area contributed by atoms with Crippen LogP contribution in [0.3, 0.4) is 0 Å². The highest BCUT2D eigenvalue weighted by Crippen LogP contribution is 2.15. The van der Waals surface area contributed by atoms with Crippen molar-refractivity contribution in [2.75, 3.05) is 5.32 Å². The van der Waals surface area contributed by atoms with Gasteiger partial charge < -0.3 is 0 Å². The lowest BCUT2D eigenvalue weighted by Gasteiger charge is -2.01. The SMILES string of the molecule is O=C(Nc1ncn(Cc2ccc(Cl)cc2)n1)c1[nH]ncc1[N+](=O)[O-]. The molecule has 0 fully saturated rings. The average molecular weight is 348 g/mol. The van der Waals surface area contributed by atoms with E-state index in [1.54, 1.807) is 12.1 Å². The third kappa shape index (κ3) is 3.38. The highest BCUT2D eigenvalue weighted by atomic mass is 35.5. The molecule has 0 aliphatic rings. The molecule has 1 amide bonds. The summed E-state index contributed by atoms with van der Waals surface area (Å²) in [5, 5.41) is 23.7. The first kappa shape index (κ1) is 15.6. The lowest BCUT2D eigenvalue weighted by molar-refractivity contribution is -0.385. The number of aromatic amines is 1. The van der Waals surface area contributed by atoms with Gasteiger partial charge in [0.15, 0.2) is 0 Å². The smallest absolute Gasteiger partial charge is 0.288 e. The number of hydrogen-bond acceptors (Lipinski definition) is 6. The molecule has 24 heavy (non-hydrogen) atoms. The fourth-order valence-electron chi connectivity index (χ4n) is 1.95. The highest BCUT2D eigenvalue weighted by Gasteiger charge is 2.23. The first-order valence-electron chi connectivity index (χ1n) is 6.66. The van der Waals surface area contributed by atoms with Crippen LogP contribution in [0.15, 0.2) is 36.8 Å². The summed E-state index contributed by atoms with van der Waals surface area (Å²) in [5.41, 5.74) is 0.258.